The Kier molecular flexibility index (Phi) is 5.55. The summed E-state index contributed by atoms with van der Waals surface area (Å²) in [7, 11) is 0. The Labute approximate surface area is 123 Å². The van der Waals surface area contributed by atoms with Gasteiger partial charge in [0.15, 0.2) is 0 Å². The van der Waals surface area contributed by atoms with E-state index in [1.807, 2.05) is 31.3 Å². The van der Waals surface area contributed by atoms with E-state index in [-0.39, 0.29) is 6.03 Å². The molecule has 1 aromatic carbocycles. The molecule has 0 saturated heterocycles. The summed E-state index contributed by atoms with van der Waals surface area (Å²) in [6, 6.07) is 10.2. The molecule has 2 aromatic rings. The number of carbonyl (C=O) groups is 1. The van der Waals surface area contributed by atoms with Gasteiger partial charge < -0.3 is 10.6 Å². The summed E-state index contributed by atoms with van der Waals surface area (Å²) in [6.45, 7) is 3.20. The highest BCUT2D eigenvalue weighted by atomic mass is 32.1. The van der Waals surface area contributed by atoms with E-state index in [1.54, 1.807) is 11.3 Å². The molecule has 106 valence electrons. The van der Waals surface area contributed by atoms with Crippen molar-refractivity contribution in [1.29, 1.82) is 0 Å². The summed E-state index contributed by atoms with van der Waals surface area (Å²) >= 11 is 1.64. The Morgan fingerprint density at radius 1 is 1.25 bits per heavy atom. The van der Waals surface area contributed by atoms with Gasteiger partial charge >= 0.3 is 6.03 Å². The third-order valence-electron chi connectivity index (χ3n) is 2.76. The van der Waals surface area contributed by atoms with Crippen molar-refractivity contribution in [3.63, 3.8) is 0 Å². The number of hydrogen-bond acceptors (Lipinski definition) is 3. The van der Waals surface area contributed by atoms with Gasteiger partial charge in [0, 0.05) is 24.0 Å². The third-order valence-corrected chi connectivity index (χ3v) is 3.76. The zero-order chi connectivity index (χ0) is 14.2. The topological polar surface area (TPSA) is 54.0 Å². The maximum absolute atomic E-state index is 11.4. The third kappa shape index (κ3) is 4.66. The van der Waals surface area contributed by atoms with E-state index >= 15 is 0 Å². The number of benzene rings is 1. The Morgan fingerprint density at radius 3 is 2.80 bits per heavy atom. The Balaban J connectivity index is 1.82. The number of nitrogens with one attached hydrogen (secondary N) is 2. The number of amides is 2. The number of rotatable bonds is 6. The predicted molar refractivity (Wildman–Crippen MR) is 81.9 cm³/mol. The van der Waals surface area contributed by atoms with Crippen molar-refractivity contribution in [3.8, 4) is 0 Å². The van der Waals surface area contributed by atoms with Crippen molar-refractivity contribution in [2.24, 2.45) is 0 Å². The van der Waals surface area contributed by atoms with Crippen LogP contribution in [0.5, 0.6) is 0 Å². The number of urea groups is 1. The molecule has 1 heterocycles. The Morgan fingerprint density at radius 2 is 2.05 bits per heavy atom. The molecule has 0 spiro atoms. The van der Waals surface area contributed by atoms with Crippen LogP contribution in [-0.4, -0.2) is 17.6 Å². The van der Waals surface area contributed by atoms with Crippen molar-refractivity contribution in [2.45, 2.75) is 26.3 Å². The first-order chi connectivity index (χ1) is 9.78. The van der Waals surface area contributed by atoms with E-state index in [2.05, 4.69) is 27.8 Å². The molecule has 0 fully saturated rings. The van der Waals surface area contributed by atoms with E-state index in [1.165, 1.54) is 10.4 Å². The van der Waals surface area contributed by atoms with Crippen LogP contribution in [0.1, 0.15) is 28.8 Å². The second-order valence-electron chi connectivity index (χ2n) is 4.49. The summed E-state index contributed by atoms with van der Waals surface area (Å²) in [5, 5.41) is 6.52. The van der Waals surface area contributed by atoms with Gasteiger partial charge in [0.2, 0.25) is 0 Å². The van der Waals surface area contributed by atoms with Crippen molar-refractivity contribution >= 4 is 17.4 Å². The van der Waals surface area contributed by atoms with Crippen LogP contribution < -0.4 is 10.6 Å². The minimum Gasteiger partial charge on any atom is -0.338 e. The summed E-state index contributed by atoms with van der Waals surface area (Å²) in [4.78, 5) is 17.0. The van der Waals surface area contributed by atoms with Gasteiger partial charge in [-0.15, -0.1) is 11.3 Å². The molecule has 4 nitrogen and oxygen atoms in total. The standard InChI is InChI=1S/C15H19N3OS/c1-2-8-16-15(19)18-11-14-17-10-13(20-14)9-12-6-4-3-5-7-12/h3-7,10H,2,8-9,11H2,1H3,(H2,16,18,19). The first-order valence-corrected chi connectivity index (χ1v) is 7.58. The van der Waals surface area contributed by atoms with Crippen LogP contribution in [0.2, 0.25) is 0 Å². The largest absolute Gasteiger partial charge is 0.338 e. The van der Waals surface area contributed by atoms with Gasteiger partial charge in [0.05, 0.1) is 6.54 Å². The van der Waals surface area contributed by atoms with Crippen LogP contribution in [0, 0.1) is 0 Å². The molecule has 0 unspecified atom stereocenters. The summed E-state index contributed by atoms with van der Waals surface area (Å²) in [5.74, 6) is 0. The average Bonchev–Trinajstić information content (AvgIpc) is 2.91. The van der Waals surface area contributed by atoms with E-state index in [4.69, 9.17) is 0 Å². The summed E-state index contributed by atoms with van der Waals surface area (Å²) in [6.07, 6.45) is 3.71. The van der Waals surface area contributed by atoms with Gasteiger partial charge in [-0.2, -0.15) is 0 Å². The van der Waals surface area contributed by atoms with E-state index in [0.29, 0.717) is 13.1 Å². The average molecular weight is 289 g/mol. The fourth-order valence-corrected chi connectivity index (χ4v) is 2.66. The molecule has 0 aliphatic heterocycles. The Hall–Kier alpha value is -1.88. The lowest BCUT2D eigenvalue weighted by Crippen LogP contribution is -2.35. The van der Waals surface area contributed by atoms with Crippen LogP contribution >= 0.6 is 11.3 Å². The fourth-order valence-electron chi connectivity index (χ4n) is 1.77. The molecule has 5 heteroatoms. The quantitative estimate of drug-likeness (QED) is 0.859. The molecule has 2 amide bonds. The van der Waals surface area contributed by atoms with Crippen LogP contribution in [0.4, 0.5) is 4.79 Å². The number of nitrogens with zero attached hydrogens (tertiary/aromatic N) is 1. The minimum absolute atomic E-state index is 0.133. The first kappa shape index (κ1) is 14.5. The van der Waals surface area contributed by atoms with Gasteiger partial charge in [0.25, 0.3) is 0 Å². The lowest BCUT2D eigenvalue weighted by Gasteiger charge is -2.04. The van der Waals surface area contributed by atoms with Gasteiger partial charge in [-0.05, 0) is 12.0 Å². The smallest absolute Gasteiger partial charge is 0.315 e. The molecular weight excluding hydrogens is 270 g/mol. The van der Waals surface area contributed by atoms with E-state index < -0.39 is 0 Å². The maximum Gasteiger partial charge on any atom is 0.315 e. The molecule has 2 N–H and O–H groups in total. The SMILES string of the molecule is CCCNC(=O)NCc1ncc(Cc2ccccc2)s1. The highest BCUT2D eigenvalue weighted by Crippen LogP contribution is 2.17. The second-order valence-corrected chi connectivity index (χ2v) is 5.69. The molecule has 0 radical (unpaired) electrons. The molecule has 0 aliphatic rings. The van der Waals surface area contributed by atoms with Crippen molar-refractivity contribution in [3.05, 3.63) is 52.0 Å². The first-order valence-electron chi connectivity index (χ1n) is 6.77. The summed E-state index contributed by atoms with van der Waals surface area (Å²) in [5.41, 5.74) is 1.27. The molecule has 0 bridgehead atoms. The van der Waals surface area contributed by atoms with Crippen molar-refractivity contribution in [2.75, 3.05) is 6.54 Å². The van der Waals surface area contributed by atoms with Gasteiger partial charge in [0.1, 0.15) is 5.01 Å². The lowest BCUT2D eigenvalue weighted by molar-refractivity contribution is 0.240. The molecule has 2 rings (SSSR count). The highest BCUT2D eigenvalue weighted by Gasteiger charge is 2.05. The fraction of sp³-hybridized carbons (Fsp3) is 0.333. The normalized spacial score (nSPS) is 10.2. The zero-order valence-electron chi connectivity index (χ0n) is 11.6. The van der Waals surface area contributed by atoms with Crippen LogP contribution in [0.25, 0.3) is 0 Å². The Bertz CT molecular complexity index is 539. The van der Waals surface area contributed by atoms with Crippen molar-refractivity contribution in [1.82, 2.24) is 15.6 Å². The van der Waals surface area contributed by atoms with Crippen LogP contribution in [-0.2, 0) is 13.0 Å². The number of aromatic nitrogens is 1. The highest BCUT2D eigenvalue weighted by molar-refractivity contribution is 7.11. The molecule has 0 aliphatic carbocycles. The van der Waals surface area contributed by atoms with Gasteiger partial charge in [-0.3, -0.25) is 0 Å². The molecule has 0 atom stereocenters. The maximum atomic E-state index is 11.4. The van der Waals surface area contributed by atoms with Crippen molar-refractivity contribution < 1.29 is 4.79 Å². The van der Waals surface area contributed by atoms with Gasteiger partial charge in [-0.1, -0.05) is 37.3 Å². The molecule has 20 heavy (non-hydrogen) atoms. The molecule has 0 saturated carbocycles. The number of carbonyl (C=O) groups excluding carboxylic acids is 1. The lowest BCUT2D eigenvalue weighted by atomic mass is 10.1. The monoisotopic (exact) mass is 289 g/mol. The minimum atomic E-state index is -0.133. The zero-order valence-corrected chi connectivity index (χ0v) is 12.4. The van der Waals surface area contributed by atoms with E-state index in [9.17, 15) is 4.79 Å². The van der Waals surface area contributed by atoms with Gasteiger partial charge in [-0.25, -0.2) is 9.78 Å². The van der Waals surface area contributed by atoms with E-state index in [0.717, 1.165) is 17.8 Å². The number of thiazole rings is 1. The molecule has 1 aromatic heterocycles. The molecular formula is C15H19N3OS. The second kappa shape index (κ2) is 7.65. The summed E-state index contributed by atoms with van der Waals surface area (Å²) < 4.78 is 0. The van der Waals surface area contributed by atoms with Crippen LogP contribution in [0.3, 0.4) is 0 Å². The number of hydrogen-bond donors (Lipinski definition) is 2. The van der Waals surface area contributed by atoms with Crippen LogP contribution in [0.15, 0.2) is 36.5 Å². The predicted octanol–water partition coefficient (Wildman–Crippen LogP) is 2.94.